The van der Waals surface area contributed by atoms with E-state index in [0.717, 1.165) is 6.54 Å². The molecule has 0 aromatic rings. The average molecular weight is 154 g/mol. The number of aliphatic imine (C=N–C) groups is 1. The van der Waals surface area contributed by atoms with E-state index < -0.39 is 0 Å². The molecule has 0 spiro atoms. The SMILES string of the molecule is CC(C)N=CC1CCCCN1. The van der Waals surface area contributed by atoms with Crippen molar-refractivity contribution in [1.29, 1.82) is 0 Å². The number of nitrogens with zero attached hydrogens (tertiary/aromatic N) is 1. The second kappa shape index (κ2) is 4.50. The molecule has 1 unspecified atom stereocenters. The first kappa shape index (κ1) is 8.72. The Hall–Kier alpha value is -0.370. The van der Waals surface area contributed by atoms with Crippen molar-refractivity contribution in [3.05, 3.63) is 0 Å². The Morgan fingerprint density at radius 1 is 1.45 bits per heavy atom. The molecule has 1 saturated heterocycles. The van der Waals surface area contributed by atoms with Gasteiger partial charge in [0.25, 0.3) is 0 Å². The van der Waals surface area contributed by atoms with Gasteiger partial charge in [-0.1, -0.05) is 6.42 Å². The summed E-state index contributed by atoms with van der Waals surface area (Å²) in [5.74, 6) is 0. The Bertz CT molecular complexity index is 124. The largest absolute Gasteiger partial charge is 0.309 e. The Balaban J connectivity index is 2.23. The Labute approximate surface area is 69.1 Å². The first-order valence-corrected chi connectivity index (χ1v) is 4.55. The van der Waals surface area contributed by atoms with Crippen LogP contribution in [0.25, 0.3) is 0 Å². The molecule has 1 rings (SSSR count). The van der Waals surface area contributed by atoms with Crippen molar-refractivity contribution in [3.8, 4) is 0 Å². The molecule has 0 aromatic carbocycles. The molecule has 0 amide bonds. The standard InChI is InChI=1S/C9H18N2/c1-8(2)11-7-9-5-3-4-6-10-9/h7-10H,3-6H2,1-2H3. The maximum atomic E-state index is 4.36. The van der Waals surface area contributed by atoms with E-state index in [1.54, 1.807) is 0 Å². The molecule has 11 heavy (non-hydrogen) atoms. The summed E-state index contributed by atoms with van der Waals surface area (Å²) in [5.41, 5.74) is 0. The van der Waals surface area contributed by atoms with Crippen LogP contribution >= 0.6 is 0 Å². The van der Waals surface area contributed by atoms with Crippen molar-refractivity contribution in [2.45, 2.75) is 45.2 Å². The van der Waals surface area contributed by atoms with E-state index in [4.69, 9.17) is 0 Å². The van der Waals surface area contributed by atoms with E-state index in [0.29, 0.717) is 12.1 Å². The summed E-state index contributed by atoms with van der Waals surface area (Å²) in [6.45, 7) is 5.38. The number of hydrogen-bond acceptors (Lipinski definition) is 2. The zero-order valence-corrected chi connectivity index (χ0v) is 7.51. The molecule has 1 fully saturated rings. The minimum Gasteiger partial charge on any atom is -0.309 e. The van der Waals surface area contributed by atoms with Crippen LogP contribution in [0.2, 0.25) is 0 Å². The fourth-order valence-electron chi connectivity index (χ4n) is 1.28. The van der Waals surface area contributed by atoms with Crippen molar-refractivity contribution < 1.29 is 0 Å². The third-order valence-corrected chi connectivity index (χ3v) is 1.91. The Morgan fingerprint density at radius 2 is 2.27 bits per heavy atom. The van der Waals surface area contributed by atoms with Crippen LogP contribution in [-0.2, 0) is 0 Å². The molecule has 1 N–H and O–H groups in total. The van der Waals surface area contributed by atoms with Crippen LogP contribution in [0.4, 0.5) is 0 Å². The predicted octanol–water partition coefficient (Wildman–Crippen LogP) is 1.61. The molecule has 1 atom stereocenters. The maximum absolute atomic E-state index is 4.36. The van der Waals surface area contributed by atoms with Gasteiger partial charge in [0.15, 0.2) is 0 Å². The summed E-state index contributed by atoms with van der Waals surface area (Å²) in [6.07, 6.45) is 6.01. The van der Waals surface area contributed by atoms with Gasteiger partial charge in [0.1, 0.15) is 0 Å². The van der Waals surface area contributed by atoms with Crippen molar-refractivity contribution in [2.75, 3.05) is 6.54 Å². The molecule has 0 saturated carbocycles. The van der Waals surface area contributed by atoms with E-state index in [1.807, 2.05) is 0 Å². The van der Waals surface area contributed by atoms with Crippen LogP contribution in [0, 0.1) is 0 Å². The second-order valence-corrected chi connectivity index (χ2v) is 3.45. The molecule has 0 aromatic heterocycles. The second-order valence-electron chi connectivity index (χ2n) is 3.45. The summed E-state index contributed by atoms with van der Waals surface area (Å²) in [4.78, 5) is 4.36. The van der Waals surface area contributed by atoms with Gasteiger partial charge < -0.3 is 5.32 Å². The summed E-state index contributed by atoms with van der Waals surface area (Å²) in [5, 5.41) is 3.43. The molecule has 1 aliphatic heterocycles. The molecular formula is C9H18N2. The lowest BCUT2D eigenvalue weighted by Gasteiger charge is -2.19. The van der Waals surface area contributed by atoms with Crippen LogP contribution in [0.15, 0.2) is 4.99 Å². The third-order valence-electron chi connectivity index (χ3n) is 1.91. The highest BCUT2D eigenvalue weighted by molar-refractivity contribution is 5.64. The number of nitrogens with one attached hydrogen (secondary N) is 1. The Kier molecular flexibility index (Phi) is 3.57. The van der Waals surface area contributed by atoms with Gasteiger partial charge in [0.05, 0.1) is 0 Å². The minimum absolute atomic E-state index is 0.443. The van der Waals surface area contributed by atoms with Crippen LogP contribution in [0.3, 0.4) is 0 Å². The zero-order chi connectivity index (χ0) is 8.10. The third kappa shape index (κ3) is 3.51. The fraction of sp³-hybridized carbons (Fsp3) is 0.889. The fourth-order valence-corrected chi connectivity index (χ4v) is 1.28. The van der Waals surface area contributed by atoms with E-state index in [2.05, 4.69) is 30.4 Å². The van der Waals surface area contributed by atoms with Crippen molar-refractivity contribution in [3.63, 3.8) is 0 Å². The van der Waals surface area contributed by atoms with E-state index in [-0.39, 0.29) is 0 Å². The van der Waals surface area contributed by atoms with Crippen LogP contribution in [0.5, 0.6) is 0 Å². The number of piperidine rings is 1. The monoisotopic (exact) mass is 154 g/mol. The zero-order valence-electron chi connectivity index (χ0n) is 7.51. The average Bonchev–Trinajstić information content (AvgIpc) is 2.03. The van der Waals surface area contributed by atoms with Gasteiger partial charge in [-0.2, -0.15) is 0 Å². The lowest BCUT2D eigenvalue weighted by atomic mass is 10.1. The first-order valence-electron chi connectivity index (χ1n) is 4.55. The molecule has 2 heteroatoms. The van der Waals surface area contributed by atoms with Gasteiger partial charge in [-0.15, -0.1) is 0 Å². The highest BCUT2D eigenvalue weighted by Gasteiger charge is 2.08. The lowest BCUT2D eigenvalue weighted by molar-refractivity contribution is 0.475. The van der Waals surface area contributed by atoms with Crippen molar-refractivity contribution in [1.82, 2.24) is 5.32 Å². The normalized spacial score (nSPS) is 26.6. The summed E-state index contributed by atoms with van der Waals surface area (Å²) in [6, 6.07) is 0.991. The number of rotatable bonds is 2. The van der Waals surface area contributed by atoms with E-state index >= 15 is 0 Å². The molecular weight excluding hydrogens is 136 g/mol. The lowest BCUT2D eigenvalue weighted by Crippen LogP contribution is -2.35. The smallest absolute Gasteiger partial charge is 0.0440 e. The van der Waals surface area contributed by atoms with Gasteiger partial charge in [-0.3, -0.25) is 4.99 Å². The summed E-state index contributed by atoms with van der Waals surface area (Å²) < 4.78 is 0. The predicted molar refractivity (Wildman–Crippen MR) is 49.3 cm³/mol. The van der Waals surface area contributed by atoms with Crippen LogP contribution < -0.4 is 5.32 Å². The highest BCUT2D eigenvalue weighted by atomic mass is 14.9. The van der Waals surface area contributed by atoms with E-state index in [1.165, 1.54) is 19.3 Å². The number of hydrogen-bond donors (Lipinski definition) is 1. The van der Waals surface area contributed by atoms with Crippen molar-refractivity contribution >= 4 is 6.21 Å². The molecule has 64 valence electrons. The quantitative estimate of drug-likeness (QED) is 0.600. The van der Waals surface area contributed by atoms with Gasteiger partial charge in [-0.25, -0.2) is 0 Å². The van der Waals surface area contributed by atoms with Gasteiger partial charge in [-0.05, 0) is 33.2 Å². The van der Waals surface area contributed by atoms with Crippen molar-refractivity contribution in [2.24, 2.45) is 4.99 Å². The summed E-state index contributed by atoms with van der Waals surface area (Å²) in [7, 11) is 0. The topological polar surface area (TPSA) is 24.4 Å². The maximum Gasteiger partial charge on any atom is 0.0440 e. The molecule has 1 aliphatic rings. The molecule has 1 heterocycles. The van der Waals surface area contributed by atoms with Gasteiger partial charge in [0.2, 0.25) is 0 Å². The highest BCUT2D eigenvalue weighted by Crippen LogP contribution is 2.04. The molecule has 2 nitrogen and oxygen atoms in total. The minimum atomic E-state index is 0.443. The molecule has 0 radical (unpaired) electrons. The van der Waals surface area contributed by atoms with Crippen LogP contribution in [0.1, 0.15) is 33.1 Å². The van der Waals surface area contributed by atoms with E-state index in [9.17, 15) is 0 Å². The summed E-state index contributed by atoms with van der Waals surface area (Å²) >= 11 is 0. The van der Waals surface area contributed by atoms with Gasteiger partial charge in [0, 0.05) is 18.3 Å². The first-order chi connectivity index (χ1) is 5.29. The van der Waals surface area contributed by atoms with Gasteiger partial charge >= 0.3 is 0 Å². The molecule has 0 bridgehead atoms. The Morgan fingerprint density at radius 3 is 2.82 bits per heavy atom. The van der Waals surface area contributed by atoms with Crippen LogP contribution in [-0.4, -0.2) is 24.8 Å². The molecule has 0 aliphatic carbocycles.